The van der Waals surface area contributed by atoms with E-state index in [4.69, 9.17) is 11.6 Å². The van der Waals surface area contributed by atoms with E-state index in [-0.39, 0.29) is 5.57 Å². The van der Waals surface area contributed by atoms with Crippen LogP contribution >= 0.6 is 27.5 Å². The van der Waals surface area contributed by atoms with Crippen LogP contribution in [-0.2, 0) is 17.6 Å². The fourth-order valence-electron chi connectivity index (χ4n) is 3.10. The molecule has 1 amide bonds. The van der Waals surface area contributed by atoms with E-state index in [0.29, 0.717) is 6.42 Å². The number of amides is 1. The molecule has 3 aromatic carbocycles. The van der Waals surface area contributed by atoms with Crippen molar-refractivity contribution in [2.75, 3.05) is 5.32 Å². The highest BCUT2D eigenvalue weighted by atomic mass is 79.9. The molecule has 5 heteroatoms. The van der Waals surface area contributed by atoms with Crippen molar-refractivity contribution in [1.82, 2.24) is 0 Å². The van der Waals surface area contributed by atoms with Gasteiger partial charge in [-0.2, -0.15) is 5.26 Å². The van der Waals surface area contributed by atoms with Gasteiger partial charge in [-0.25, -0.2) is 0 Å². The van der Waals surface area contributed by atoms with Crippen LogP contribution in [0.4, 0.5) is 5.69 Å². The number of carbonyl (C=O) groups excluding carboxylic acids is 1. The zero-order valence-corrected chi connectivity index (χ0v) is 18.8. The summed E-state index contributed by atoms with van der Waals surface area (Å²) in [6.45, 7) is 2.02. The zero-order chi connectivity index (χ0) is 21.5. The topological polar surface area (TPSA) is 52.9 Å². The summed E-state index contributed by atoms with van der Waals surface area (Å²) in [5, 5.41) is 13.1. The van der Waals surface area contributed by atoms with Gasteiger partial charge in [-0.3, -0.25) is 4.79 Å². The van der Waals surface area contributed by atoms with Crippen LogP contribution in [0.1, 0.15) is 29.2 Å². The molecular weight excluding hydrogens is 460 g/mol. The Morgan fingerprint density at radius 1 is 1.07 bits per heavy atom. The molecule has 0 aliphatic heterocycles. The average Bonchev–Trinajstić information content (AvgIpc) is 2.75. The van der Waals surface area contributed by atoms with Gasteiger partial charge < -0.3 is 5.32 Å². The molecule has 0 heterocycles. The molecule has 0 saturated heterocycles. The minimum Gasteiger partial charge on any atom is -0.321 e. The van der Waals surface area contributed by atoms with Gasteiger partial charge in [0.25, 0.3) is 5.91 Å². The van der Waals surface area contributed by atoms with Crippen LogP contribution in [0.15, 0.2) is 76.8 Å². The highest BCUT2D eigenvalue weighted by Gasteiger charge is 2.12. The smallest absolute Gasteiger partial charge is 0.266 e. The Hall–Kier alpha value is -2.87. The number of nitrogens with zero attached hydrogens (tertiary/aromatic N) is 1. The number of aryl methyl sites for hydroxylation is 1. The number of nitrogens with one attached hydrogen (secondary N) is 1. The van der Waals surface area contributed by atoms with Gasteiger partial charge in [0.2, 0.25) is 0 Å². The van der Waals surface area contributed by atoms with Gasteiger partial charge in [0.05, 0.1) is 0 Å². The molecule has 0 aliphatic carbocycles. The van der Waals surface area contributed by atoms with E-state index in [1.807, 2.05) is 79.7 Å². The summed E-state index contributed by atoms with van der Waals surface area (Å²) >= 11 is 9.86. The predicted molar refractivity (Wildman–Crippen MR) is 126 cm³/mol. The second kappa shape index (κ2) is 10.2. The summed E-state index contributed by atoms with van der Waals surface area (Å²) in [6.07, 6.45) is 3.07. The Balaban J connectivity index is 1.80. The Labute approximate surface area is 190 Å². The van der Waals surface area contributed by atoms with Gasteiger partial charge in [0.1, 0.15) is 11.6 Å². The third-order valence-corrected chi connectivity index (χ3v) is 5.85. The maximum Gasteiger partial charge on any atom is 0.266 e. The number of hydrogen-bond acceptors (Lipinski definition) is 2. The van der Waals surface area contributed by atoms with Crippen molar-refractivity contribution in [1.29, 1.82) is 5.26 Å². The number of rotatable bonds is 6. The molecule has 30 heavy (non-hydrogen) atoms. The average molecular weight is 480 g/mol. The predicted octanol–water partition coefficient (Wildman–Crippen LogP) is 6.80. The molecule has 3 aromatic rings. The zero-order valence-electron chi connectivity index (χ0n) is 16.5. The molecule has 0 spiro atoms. The van der Waals surface area contributed by atoms with Crippen molar-refractivity contribution in [2.24, 2.45) is 0 Å². The van der Waals surface area contributed by atoms with Crippen LogP contribution in [0.5, 0.6) is 0 Å². The molecule has 0 saturated carbocycles. The first-order valence-corrected chi connectivity index (χ1v) is 10.7. The van der Waals surface area contributed by atoms with Gasteiger partial charge in [-0.1, -0.05) is 83.0 Å². The molecule has 0 atom stereocenters. The van der Waals surface area contributed by atoms with Crippen molar-refractivity contribution in [3.8, 4) is 6.07 Å². The van der Waals surface area contributed by atoms with Crippen LogP contribution < -0.4 is 5.32 Å². The van der Waals surface area contributed by atoms with Gasteiger partial charge in [-0.05, 0) is 52.9 Å². The fourth-order valence-corrected chi connectivity index (χ4v) is 3.84. The maximum atomic E-state index is 12.6. The van der Waals surface area contributed by atoms with Gasteiger partial charge in [0.15, 0.2) is 0 Å². The van der Waals surface area contributed by atoms with E-state index >= 15 is 0 Å². The Morgan fingerprint density at radius 2 is 1.77 bits per heavy atom. The van der Waals surface area contributed by atoms with E-state index in [2.05, 4.69) is 21.2 Å². The van der Waals surface area contributed by atoms with Crippen molar-refractivity contribution >= 4 is 45.2 Å². The van der Waals surface area contributed by atoms with Crippen LogP contribution in [0, 0.1) is 11.3 Å². The van der Waals surface area contributed by atoms with Crippen LogP contribution in [0.3, 0.4) is 0 Å². The minimum absolute atomic E-state index is 0.0478. The van der Waals surface area contributed by atoms with Gasteiger partial charge >= 0.3 is 0 Å². The molecule has 0 radical (unpaired) electrons. The number of nitriles is 1. The lowest BCUT2D eigenvalue weighted by atomic mass is 10.0. The monoisotopic (exact) mass is 478 g/mol. The first-order valence-electron chi connectivity index (χ1n) is 9.54. The van der Waals surface area contributed by atoms with E-state index in [1.165, 1.54) is 0 Å². The first-order chi connectivity index (χ1) is 14.5. The van der Waals surface area contributed by atoms with Crippen molar-refractivity contribution in [3.63, 3.8) is 0 Å². The molecular formula is C25H20BrClN2O. The van der Waals surface area contributed by atoms with E-state index in [1.54, 1.807) is 6.08 Å². The molecule has 0 aliphatic rings. The Kier molecular flexibility index (Phi) is 7.46. The van der Waals surface area contributed by atoms with E-state index in [0.717, 1.165) is 43.9 Å². The molecule has 0 unspecified atom stereocenters. The normalized spacial score (nSPS) is 11.1. The molecule has 3 nitrogen and oxygen atoms in total. The number of benzene rings is 3. The fraction of sp³-hybridized carbons (Fsp3) is 0.120. The lowest BCUT2D eigenvalue weighted by molar-refractivity contribution is -0.112. The summed E-state index contributed by atoms with van der Waals surface area (Å²) < 4.78 is 0.894. The molecule has 0 bridgehead atoms. The van der Waals surface area contributed by atoms with E-state index < -0.39 is 5.91 Å². The van der Waals surface area contributed by atoms with E-state index in [9.17, 15) is 10.1 Å². The molecule has 0 fully saturated rings. The largest absolute Gasteiger partial charge is 0.321 e. The Bertz CT molecular complexity index is 1150. The summed E-state index contributed by atoms with van der Waals surface area (Å²) in [4.78, 5) is 12.6. The van der Waals surface area contributed by atoms with Crippen LogP contribution in [0.25, 0.3) is 6.08 Å². The summed E-state index contributed by atoms with van der Waals surface area (Å²) in [5.41, 5.74) is 4.67. The quantitative estimate of drug-likeness (QED) is 0.312. The minimum atomic E-state index is -0.422. The van der Waals surface area contributed by atoms with Crippen molar-refractivity contribution < 1.29 is 4.79 Å². The summed E-state index contributed by atoms with van der Waals surface area (Å²) in [6, 6.07) is 23.1. The van der Waals surface area contributed by atoms with Crippen molar-refractivity contribution in [3.05, 3.63) is 104 Å². The van der Waals surface area contributed by atoms with Crippen LogP contribution in [0.2, 0.25) is 5.02 Å². The molecule has 150 valence electrons. The number of hydrogen-bond donors (Lipinski definition) is 1. The molecule has 1 N–H and O–H groups in total. The highest BCUT2D eigenvalue weighted by Crippen LogP contribution is 2.26. The van der Waals surface area contributed by atoms with Crippen LogP contribution in [-0.4, -0.2) is 5.91 Å². The third kappa shape index (κ3) is 5.38. The van der Waals surface area contributed by atoms with Gasteiger partial charge in [-0.15, -0.1) is 0 Å². The number of para-hydroxylation sites is 1. The maximum absolute atomic E-state index is 12.6. The lowest BCUT2D eigenvalue weighted by Gasteiger charge is -2.10. The standard InChI is InChI=1S/C25H20BrClN2O/c1-2-18-7-4-6-10-24(18)29-25(30)21(16-28)13-17-11-12-19(22(26)14-17)15-20-8-3-5-9-23(20)27/h3-14H,2,15H2,1H3,(H,29,30)/b21-13+. The summed E-state index contributed by atoms with van der Waals surface area (Å²) in [7, 11) is 0. The second-order valence-electron chi connectivity index (χ2n) is 6.75. The second-order valence-corrected chi connectivity index (χ2v) is 8.02. The molecule has 3 rings (SSSR count). The van der Waals surface area contributed by atoms with Gasteiger partial charge in [0, 0.05) is 21.6 Å². The number of carbonyl (C=O) groups is 1. The molecule has 0 aromatic heterocycles. The highest BCUT2D eigenvalue weighted by molar-refractivity contribution is 9.10. The van der Waals surface area contributed by atoms with Crippen molar-refractivity contribution in [2.45, 2.75) is 19.8 Å². The lowest BCUT2D eigenvalue weighted by Crippen LogP contribution is -2.14. The number of halogens is 2. The summed E-state index contributed by atoms with van der Waals surface area (Å²) in [5.74, 6) is -0.422. The number of anilines is 1. The third-order valence-electron chi connectivity index (χ3n) is 4.74. The Morgan fingerprint density at radius 3 is 2.43 bits per heavy atom. The SMILES string of the molecule is CCc1ccccc1NC(=O)/C(C#N)=C/c1ccc(Cc2ccccc2Cl)c(Br)c1. The first kappa shape index (κ1) is 21.8.